The van der Waals surface area contributed by atoms with Gasteiger partial charge in [-0.25, -0.2) is 4.79 Å². The topological polar surface area (TPSA) is 92.2 Å². The van der Waals surface area contributed by atoms with Crippen molar-refractivity contribution >= 4 is 57.2 Å². The maximum atomic E-state index is 13.5. The number of thioether (sulfide) groups is 1. The van der Waals surface area contributed by atoms with Crippen LogP contribution < -0.4 is 9.47 Å². The average molecular weight is 640 g/mol. The molecule has 8 nitrogen and oxygen atoms in total. The lowest BCUT2D eigenvalue weighted by molar-refractivity contribution is -0.122. The van der Waals surface area contributed by atoms with Gasteiger partial charge in [-0.2, -0.15) is 0 Å². The van der Waals surface area contributed by atoms with Crippen LogP contribution in [0.15, 0.2) is 83.9 Å². The van der Waals surface area contributed by atoms with E-state index in [1.54, 1.807) is 23.2 Å². The lowest BCUT2D eigenvalue weighted by atomic mass is 10.0. The third-order valence-electron chi connectivity index (χ3n) is 7.87. The number of aromatic nitrogens is 1. The highest BCUT2D eigenvalue weighted by Crippen LogP contribution is 2.36. The van der Waals surface area contributed by atoms with Gasteiger partial charge in [0.25, 0.3) is 5.91 Å². The molecular weight excluding hydrogens is 607 g/mol. The molecule has 0 atom stereocenters. The van der Waals surface area contributed by atoms with E-state index in [9.17, 15) is 9.59 Å². The molecule has 4 aromatic rings. The Morgan fingerprint density at radius 3 is 2.53 bits per heavy atom. The van der Waals surface area contributed by atoms with Gasteiger partial charge in [0.15, 0.2) is 0 Å². The molecule has 45 heavy (non-hydrogen) atoms. The Morgan fingerprint density at radius 2 is 1.73 bits per heavy atom. The highest BCUT2D eigenvalue weighted by Gasteiger charge is 2.32. The summed E-state index contributed by atoms with van der Waals surface area (Å²) in [6.45, 7) is 4.43. The van der Waals surface area contributed by atoms with E-state index >= 15 is 0 Å². The first-order valence-electron chi connectivity index (χ1n) is 15.0. The lowest BCUT2D eigenvalue weighted by Crippen LogP contribution is -2.29. The van der Waals surface area contributed by atoms with Crippen LogP contribution in [0, 0.1) is 0 Å². The molecule has 3 heterocycles. The SMILES string of the molecule is O=C(O)c1ccc(OCCCN2C(=O)/C(=C/c3cc(-c4ccc5ncccc5c4)ccc3OCCN3CCCC3)SC2=S)cc1. The van der Waals surface area contributed by atoms with Gasteiger partial charge in [0.05, 0.1) is 22.6 Å². The Kier molecular flexibility index (Phi) is 9.73. The molecule has 1 amide bonds. The second-order valence-corrected chi connectivity index (χ2v) is 12.6. The number of carbonyl (C=O) groups excluding carboxylic acids is 1. The summed E-state index contributed by atoms with van der Waals surface area (Å²) in [4.78, 5) is 33.5. The van der Waals surface area contributed by atoms with Crippen molar-refractivity contribution in [2.75, 3.05) is 39.4 Å². The molecule has 2 fully saturated rings. The van der Waals surface area contributed by atoms with Crippen molar-refractivity contribution in [1.82, 2.24) is 14.8 Å². The number of likely N-dealkylation sites (tertiary alicyclic amines) is 1. The van der Waals surface area contributed by atoms with E-state index in [2.05, 4.69) is 34.1 Å². The molecule has 2 saturated heterocycles. The van der Waals surface area contributed by atoms with Crippen LogP contribution in [0.5, 0.6) is 11.5 Å². The molecule has 0 bridgehead atoms. The van der Waals surface area contributed by atoms with Crippen LogP contribution in [0.3, 0.4) is 0 Å². The van der Waals surface area contributed by atoms with E-state index in [4.69, 9.17) is 26.8 Å². The van der Waals surface area contributed by atoms with Gasteiger partial charge in [-0.1, -0.05) is 42.2 Å². The van der Waals surface area contributed by atoms with Gasteiger partial charge in [0.1, 0.15) is 22.4 Å². The minimum absolute atomic E-state index is 0.138. The summed E-state index contributed by atoms with van der Waals surface area (Å²) in [5, 5.41) is 10.1. The molecule has 0 aliphatic carbocycles. The van der Waals surface area contributed by atoms with E-state index in [1.807, 2.05) is 30.3 Å². The van der Waals surface area contributed by atoms with E-state index in [0.717, 1.165) is 53.0 Å². The maximum absolute atomic E-state index is 13.5. The van der Waals surface area contributed by atoms with E-state index in [-0.39, 0.29) is 11.5 Å². The van der Waals surface area contributed by atoms with Crippen molar-refractivity contribution in [2.45, 2.75) is 19.3 Å². The monoisotopic (exact) mass is 639 g/mol. The second-order valence-electron chi connectivity index (χ2n) is 10.9. The van der Waals surface area contributed by atoms with Gasteiger partial charge >= 0.3 is 5.97 Å². The summed E-state index contributed by atoms with van der Waals surface area (Å²) in [6.07, 6.45) is 6.71. The van der Waals surface area contributed by atoms with Crippen molar-refractivity contribution in [3.8, 4) is 22.6 Å². The smallest absolute Gasteiger partial charge is 0.335 e. The fraction of sp³-hybridized carbons (Fsp3) is 0.257. The highest BCUT2D eigenvalue weighted by molar-refractivity contribution is 8.26. The number of carboxylic acid groups (broad SMARTS) is 1. The molecule has 0 radical (unpaired) electrons. The van der Waals surface area contributed by atoms with Crippen molar-refractivity contribution in [1.29, 1.82) is 0 Å². The zero-order chi connectivity index (χ0) is 31.2. The van der Waals surface area contributed by atoms with Crippen LogP contribution in [0.1, 0.15) is 35.2 Å². The summed E-state index contributed by atoms with van der Waals surface area (Å²) in [6, 6.07) is 22.5. The van der Waals surface area contributed by atoms with Crippen LogP contribution in [-0.2, 0) is 4.79 Å². The summed E-state index contributed by atoms with van der Waals surface area (Å²) in [5.74, 6) is 0.182. The minimum Gasteiger partial charge on any atom is -0.494 e. The minimum atomic E-state index is -0.984. The molecule has 6 rings (SSSR count). The third-order valence-corrected chi connectivity index (χ3v) is 9.24. The fourth-order valence-electron chi connectivity index (χ4n) is 5.46. The van der Waals surface area contributed by atoms with Crippen LogP contribution >= 0.6 is 24.0 Å². The first-order chi connectivity index (χ1) is 21.9. The number of carboxylic acids is 1. The highest BCUT2D eigenvalue weighted by atomic mass is 32.2. The van der Waals surface area contributed by atoms with Crippen LogP contribution in [0.25, 0.3) is 28.1 Å². The van der Waals surface area contributed by atoms with E-state index in [0.29, 0.717) is 41.2 Å². The van der Waals surface area contributed by atoms with Crippen molar-refractivity contribution in [3.63, 3.8) is 0 Å². The number of benzene rings is 3. The number of thiocarbonyl (C=S) groups is 1. The number of ether oxygens (including phenoxy) is 2. The number of hydrogen-bond acceptors (Lipinski definition) is 8. The third kappa shape index (κ3) is 7.53. The molecule has 2 aliphatic heterocycles. The summed E-state index contributed by atoms with van der Waals surface area (Å²) in [5.41, 5.74) is 4.04. The zero-order valence-electron chi connectivity index (χ0n) is 24.7. The molecule has 0 unspecified atom stereocenters. The Labute approximate surface area is 271 Å². The first-order valence-corrected chi connectivity index (χ1v) is 16.2. The zero-order valence-corrected chi connectivity index (χ0v) is 26.3. The number of hydrogen-bond donors (Lipinski definition) is 1. The predicted octanol–water partition coefficient (Wildman–Crippen LogP) is 6.74. The van der Waals surface area contributed by atoms with Crippen LogP contribution in [0.2, 0.25) is 0 Å². The molecule has 3 aromatic carbocycles. The van der Waals surface area contributed by atoms with Crippen LogP contribution in [0.4, 0.5) is 0 Å². The number of nitrogens with zero attached hydrogens (tertiary/aromatic N) is 3. The quantitative estimate of drug-likeness (QED) is 0.103. The van der Waals surface area contributed by atoms with Gasteiger partial charge in [0.2, 0.25) is 0 Å². The summed E-state index contributed by atoms with van der Waals surface area (Å²) < 4.78 is 12.5. The second kappa shape index (κ2) is 14.2. The Hall–Kier alpha value is -4.25. The molecule has 0 spiro atoms. The van der Waals surface area contributed by atoms with Crippen molar-refractivity contribution in [2.24, 2.45) is 0 Å². The molecular formula is C35H33N3O5S2. The molecule has 230 valence electrons. The van der Waals surface area contributed by atoms with Crippen molar-refractivity contribution in [3.05, 3.63) is 95.0 Å². The van der Waals surface area contributed by atoms with Gasteiger partial charge in [-0.3, -0.25) is 19.6 Å². The number of carbonyl (C=O) groups is 2. The van der Waals surface area contributed by atoms with Gasteiger partial charge in [0, 0.05) is 30.2 Å². The lowest BCUT2D eigenvalue weighted by Gasteiger charge is -2.17. The number of pyridine rings is 1. The van der Waals surface area contributed by atoms with Crippen molar-refractivity contribution < 1.29 is 24.2 Å². The standard InChI is InChI=1S/C35H33N3O5S2/c39-33-32(45-35(44)38(33)17-4-19-42-29-10-6-24(7-11-29)34(40)41)23-28-22-26(25-8-12-30-27(21-25)5-3-14-36-30)9-13-31(28)43-20-18-37-15-1-2-16-37/h3,5-14,21-23H,1-2,4,15-20H2,(H,40,41)/b32-23-. The Morgan fingerprint density at radius 1 is 0.956 bits per heavy atom. The van der Waals surface area contributed by atoms with Gasteiger partial charge in [-0.15, -0.1) is 0 Å². The molecule has 0 saturated carbocycles. The van der Waals surface area contributed by atoms with Gasteiger partial charge in [-0.05, 0) is 104 Å². The molecule has 10 heteroatoms. The van der Waals surface area contributed by atoms with Crippen LogP contribution in [-0.4, -0.2) is 75.5 Å². The maximum Gasteiger partial charge on any atom is 0.335 e. The number of rotatable bonds is 12. The largest absolute Gasteiger partial charge is 0.494 e. The molecule has 2 aliphatic rings. The van der Waals surface area contributed by atoms with E-state index in [1.165, 1.54) is 36.7 Å². The predicted molar refractivity (Wildman–Crippen MR) is 182 cm³/mol. The molecule has 1 N–H and O–H groups in total. The van der Waals surface area contributed by atoms with E-state index < -0.39 is 5.97 Å². The summed E-state index contributed by atoms with van der Waals surface area (Å²) >= 11 is 6.88. The average Bonchev–Trinajstić information content (AvgIpc) is 3.67. The number of aromatic carboxylic acids is 1. The molecule has 1 aromatic heterocycles. The summed E-state index contributed by atoms with van der Waals surface area (Å²) in [7, 11) is 0. The normalized spacial score (nSPS) is 16.2. The first kappa shape index (κ1) is 30.8. The Balaban J connectivity index is 1.17. The number of amides is 1. The number of fused-ring (bicyclic) bond motifs is 1. The Bertz CT molecular complexity index is 1750. The fourth-order valence-corrected chi connectivity index (χ4v) is 6.76. The van der Waals surface area contributed by atoms with Gasteiger partial charge < -0.3 is 14.6 Å².